The number of amides is 2. The zero-order valence-corrected chi connectivity index (χ0v) is 24.2. The maximum atomic E-state index is 13.3. The molecule has 1 saturated heterocycles. The monoisotopic (exact) mass is 544 g/mol. The second kappa shape index (κ2) is 12.7. The van der Waals surface area contributed by atoms with Crippen LogP contribution in [0.5, 0.6) is 0 Å². The molecule has 1 aliphatic rings. The van der Waals surface area contributed by atoms with E-state index in [1.54, 1.807) is 0 Å². The molecule has 4 rings (SSSR count). The minimum Gasteiger partial charge on any atom is -0.444 e. The Morgan fingerprint density at radius 3 is 1.79 bits per heavy atom. The highest BCUT2D eigenvalue weighted by molar-refractivity contribution is 8.01. The number of hydrogen-bond donors (Lipinski definition) is 1. The van der Waals surface area contributed by atoms with Crippen LogP contribution < -0.4 is 5.32 Å². The molecule has 206 valence electrons. The first-order valence-corrected chi connectivity index (χ1v) is 14.7. The van der Waals surface area contributed by atoms with E-state index in [0.29, 0.717) is 19.5 Å². The maximum Gasteiger partial charge on any atom is 0.410 e. The van der Waals surface area contributed by atoms with Crippen molar-refractivity contribution in [2.45, 2.75) is 68.6 Å². The van der Waals surface area contributed by atoms with Crippen LogP contribution in [0.15, 0.2) is 91.0 Å². The highest BCUT2D eigenvalue weighted by atomic mass is 32.2. The van der Waals surface area contributed by atoms with Crippen LogP contribution in [0, 0.1) is 0 Å². The van der Waals surface area contributed by atoms with Crippen molar-refractivity contribution in [2.24, 2.45) is 0 Å². The summed E-state index contributed by atoms with van der Waals surface area (Å²) < 4.78 is 5.29. The lowest BCUT2D eigenvalue weighted by Crippen LogP contribution is -2.48. The molecule has 6 heteroatoms. The lowest BCUT2D eigenvalue weighted by molar-refractivity contribution is -0.121. The number of carbonyl (C=O) groups excluding carboxylic acids is 2. The minimum atomic E-state index is -0.597. The molecule has 0 saturated carbocycles. The van der Waals surface area contributed by atoms with Crippen LogP contribution in [0.25, 0.3) is 0 Å². The third kappa shape index (κ3) is 6.85. The Bertz CT molecular complexity index is 1120. The van der Waals surface area contributed by atoms with Gasteiger partial charge in [-0.2, -0.15) is 0 Å². The van der Waals surface area contributed by atoms with Gasteiger partial charge in [-0.25, -0.2) is 4.79 Å². The SMILES string of the molecule is CCCC(=O)NCC1C(SC(c2ccccc2)(c2ccccc2)c2ccccc2)CCN1C(=O)OC(C)(C)C. The normalized spacial score (nSPS) is 17.6. The lowest BCUT2D eigenvalue weighted by atomic mass is 9.84. The quantitative estimate of drug-likeness (QED) is 0.295. The fourth-order valence-electron chi connectivity index (χ4n) is 5.24. The van der Waals surface area contributed by atoms with Gasteiger partial charge in [-0.1, -0.05) is 97.9 Å². The average Bonchev–Trinajstić information content (AvgIpc) is 3.33. The van der Waals surface area contributed by atoms with E-state index in [1.165, 1.54) is 16.7 Å². The van der Waals surface area contributed by atoms with Crippen LogP contribution in [-0.4, -0.2) is 46.9 Å². The first-order valence-electron chi connectivity index (χ1n) is 13.9. The smallest absolute Gasteiger partial charge is 0.410 e. The third-order valence-electron chi connectivity index (χ3n) is 6.97. The van der Waals surface area contributed by atoms with Crippen molar-refractivity contribution in [1.29, 1.82) is 0 Å². The van der Waals surface area contributed by atoms with Crippen LogP contribution in [0.4, 0.5) is 4.79 Å². The van der Waals surface area contributed by atoms with Crippen molar-refractivity contribution >= 4 is 23.8 Å². The van der Waals surface area contributed by atoms with Crippen molar-refractivity contribution < 1.29 is 14.3 Å². The molecule has 0 radical (unpaired) electrons. The highest BCUT2D eigenvalue weighted by Gasteiger charge is 2.46. The topological polar surface area (TPSA) is 58.6 Å². The fourth-order valence-corrected chi connectivity index (χ4v) is 7.13. The summed E-state index contributed by atoms with van der Waals surface area (Å²) in [5.41, 5.74) is 2.94. The number of thioether (sulfide) groups is 1. The molecule has 5 nitrogen and oxygen atoms in total. The summed E-state index contributed by atoms with van der Waals surface area (Å²) in [6, 6.07) is 31.5. The zero-order chi connectivity index (χ0) is 27.9. The minimum absolute atomic E-state index is 0.0118. The van der Waals surface area contributed by atoms with Crippen molar-refractivity contribution in [1.82, 2.24) is 10.2 Å². The van der Waals surface area contributed by atoms with Gasteiger partial charge in [0.15, 0.2) is 0 Å². The molecule has 3 aromatic rings. The first kappa shape index (κ1) is 28.8. The summed E-state index contributed by atoms with van der Waals surface area (Å²) in [7, 11) is 0. The number of rotatable bonds is 9. The van der Waals surface area contributed by atoms with E-state index in [0.717, 1.165) is 12.8 Å². The summed E-state index contributed by atoms with van der Waals surface area (Å²) in [5, 5.41) is 3.16. The molecule has 0 bridgehead atoms. The Hall–Kier alpha value is -3.25. The number of nitrogens with zero attached hydrogens (tertiary/aromatic N) is 1. The van der Waals surface area contributed by atoms with Crippen LogP contribution in [-0.2, 0) is 14.3 Å². The van der Waals surface area contributed by atoms with Gasteiger partial charge in [0.25, 0.3) is 0 Å². The summed E-state index contributed by atoms with van der Waals surface area (Å²) in [6.45, 7) is 8.62. The van der Waals surface area contributed by atoms with Gasteiger partial charge >= 0.3 is 6.09 Å². The van der Waals surface area contributed by atoms with Crippen molar-refractivity contribution in [3.8, 4) is 0 Å². The molecule has 0 aliphatic carbocycles. The lowest BCUT2D eigenvalue weighted by Gasteiger charge is -2.39. The van der Waals surface area contributed by atoms with Gasteiger partial charge in [-0.05, 0) is 50.3 Å². The van der Waals surface area contributed by atoms with E-state index >= 15 is 0 Å². The Balaban J connectivity index is 1.78. The molecular formula is C33H40N2O3S. The first-order chi connectivity index (χ1) is 18.7. The number of benzene rings is 3. The summed E-state index contributed by atoms with van der Waals surface area (Å²) in [6.07, 6.45) is 1.72. The molecule has 0 spiro atoms. The van der Waals surface area contributed by atoms with Crippen LogP contribution in [0.3, 0.4) is 0 Å². The van der Waals surface area contributed by atoms with E-state index in [9.17, 15) is 9.59 Å². The number of likely N-dealkylation sites (tertiary alicyclic amines) is 1. The van der Waals surface area contributed by atoms with Crippen LogP contribution >= 0.6 is 11.8 Å². The molecule has 1 aliphatic heterocycles. The number of ether oxygens (including phenoxy) is 1. The highest BCUT2D eigenvalue weighted by Crippen LogP contribution is 2.52. The third-order valence-corrected chi connectivity index (χ3v) is 8.88. The van der Waals surface area contributed by atoms with Gasteiger partial charge < -0.3 is 15.0 Å². The summed E-state index contributed by atoms with van der Waals surface area (Å²) in [4.78, 5) is 27.7. The molecule has 2 atom stereocenters. The second-order valence-electron chi connectivity index (χ2n) is 11.0. The fraction of sp³-hybridized carbons (Fsp3) is 0.394. The number of carbonyl (C=O) groups is 2. The van der Waals surface area contributed by atoms with Crippen LogP contribution in [0.2, 0.25) is 0 Å². The number of nitrogens with one attached hydrogen (secondary N) is 1. The second-order valence-corrected chi connectivity index (χ2v) is 12.5. The van der Waals surface area contributed by atoms with Crippen LogP contribution in [0.1, 0.15) is 63.6 Å². The van der Waals surface area contributed by atoms with Gasteiger partial charge in [-0.3, -0.25) is 4.79 Å². The molecule has 3 aromatic carbocycles. The Morgan fingerprint density at radius 2 is 1.36 bits per heavy atom. The van der Waals surface area contributed by atoms with E-state index in [1.807, 2.05) is 62.6 Å². The van der Waals surface area contributed by atoms with Gasteiger partial charge in [0.1, 0.15) is 5.60 Å². The standard InChI is InChI=1S/C33H40N2O3S/c1-5-15-30(36)34-24-28-29(22-23-35(28)31(37)38-32(2,3)4)39-33(25-16-9-6-10-17-25,26-18-11-7-12-19-26)27-20-13-8-14-21-27/h6-14,16-21,28-29H,5,15,22-24H2,1-4H3,(H,34,36). The van der Waals surface area contributed by atoms with Gasteiger partial charge in [0, 0.05) is 24.8 Å². The van der Waals surface area contributed by atoms with Crippen molar-refractivity contribution in [3.63, 3.8) is 0 Å². The van der Waals surface area contributed by atoms with Gasteiger partial charge in [0.05, 0.1) is 10.8 Å². The van der Waals surface area contributed by atoms with Gasteiger partial charge in [-0.15, -0.1) is 11.8 Å². The van der Waals surface area contributed by atoms with E-state index < -0.39 is 10.3 Å². The predicted octanol–water partition coefficient (Wildman–Crippen LogP) is 7.01. The molecule has 1 fully saturated rings. The molecule has 0 aromatic heterocycles. The molecule has 2 unspecified atom stereocenters. The summed E-state index contributed by atoms with van der Waals surface area (Å²) >= 11 is 1.87. The molecule has 1 heterocycles. The zero-order valence-electron chi connectivity index (χ0n) is 23.4. The van der Waals surface area contributed by atoms with Crippen molar-refractivity contribution in [3.05, 3.63) is 108 Å². The Labute approximate surface area is 237 Å². The van der Waals surface area contributed by atoms with E-state index in [4.69, 9.17) is 4.74 Å². The average molecular weight is 545 g/mol. The Morgan fingerprint density at radius 1 is 0.872 bits per heavy atom. The molecule has 39 heavy (non-hydrogen) atoms. The predicted molar refractivity (Wildman–Crippen MR) is 160 cm³/mol. The largest absolute Gasteiger partial charge is 0.444 e. The van der Waals surface area contributed by atoms with E-state index in [-0.39, 0.29) is 23.3 Å². The molecule has 1 N–H and O–H groups in total. The Kier molecular flexibility index (Phi) is 9.39. The molecular weight excluding hydrogens is 504 g/mol. The maximum absolute atomic E-state index is 13.3. The van der Waals surface area contributed by atoms with Crippen molar-refractivity contribution in [2.75, 3.05) is 13.1 Å². The van der Waals surface area contributed by atoms with Gasteiger partial charge in [0.2, 0.25) is 5.91 Å². The van der Waals surface area contributed by atoms with E-state index in [2.05, 4.69) is 78.1 Å². The molecule has 2 amide bonds. The summed E-state index contributed by atoms with van der Waals surface area (Å²) in [5.74, 6) is 0.0118. The number of hydrogen-bond acceptors (Lipinski definition) is 4.